The third-order valence-corrected chi connectivity index (χ3v) is 22.9. The molecule has 4 bridgehead atoms. The average molecular weight is 1830 g/mol. The van der Waals surface area contributed by atoms with E-state index in [9.17, 15) is 36.0 Å². The first-order chi connectivity index (χ1) is 58.3. The van der Waals surface area contributed by atoms with Crippen LogP contribution in [0.1, 0.15) is 121 Å². The number of hydrogen-bond acceptors (Lipinski definition) is 29. The summed E-state index contributed by atoms with van der Waals surface area (Å²) in [5.74, 6) is 0.377. The maximum absolute atomic E-state index is 15.3. The minimum absolute atomic E-state index is 0. The predicted octanol–water partition coefficient (Wildman–Crippen LogP) is 5.79. The third-order valence-electron chi connectivity index (χ3n) is 19.9. The smallest absolute Gasteiger partial charge is 1.00 e. The van der Waals surface area contributed by atoms with E-state index in [0.29, 0.717) is 92.7 Å². The number of nitrogens with one attached hydrogen (secondary N) is 5. The van der Waals surface area contributed by atoms with Crippen molar-refractivity contribution in [2.24, 2.45) is 11.8 Å². The number of nitrogens with zero attached hydrogens (tertiary/aromatic N) is 13. The molecule has 12 aromatic rings. The summed E-state index contributed by atoms with van der Waals surface area (Å²) in [6, 6.07) is 21.9. The maximum atomic E-state index is 15.3. The van der Waals surface area contributed by atoms with Crippen LogP contribution in [-0.2, 0) is 59.8 Å². The summed E-state index contributed by atoms with van der Waals surface area (Å²) < 4.78 is 127. The predicted molar refractivity (Wildman–Crippen MR) is 450 cm³/mol. The number of H-pyrrole nitrogens is 2. The molecule has 4 fully saturated rings. The van der Waals surface area contributed by atoms with Gasteiger partial charge in [-0.15, -0.1) is 0 Å². The summed E-state index contributed by atoms with van der Waals surface area (Å²) in [6.07, 6.45) is 11.0. The third kappa shape index (κ3) is 24.6. The molecule has 4 aromatic carbocycles. The van der Waals surface area contributed by atoms with Gasteiger partial charge in [-0.05, 0) is 180 Å². The van der Waals surface area contributed by atoms with E-state index in [1.807, 2.05) is 41.5 Å². The largest absolute Gasteiger partial charge is 1.00 e. The van der Waals surface area contributed by atoms with Gasteiger partial charge in [-0.2, -0.15) is 20.2 Å². The van der Waals surface area contributed by atoms with E-state index in [1.165, 1.54) is 68.7 Å². The topological polar surface area (TPSA) is 460 Å². The average Bonchev–Trinajstić information content (AvgIpc) is 1.58. The first-order valence-electron chi connectivity index (χ1n) is 39.2. The fourth-order valence-corrected chi connectivity index (χ4v) is 17.5. The van der Waals surface area contributed by atoms with Crippen LogP contribution in [0.3, 0.4) is 0 Å². The number of benzene rings is 4. The number of carbonyl (C=O) groups excluding carboxylic acids is 5. The minimum atomic E-state index is -4.39. The Morgan fingerprint density at radius 1 is 0.603 bits per heavy atom. The van der Waals surface area contributed by atoms with E-state index in [4.69, 9.17) is 53.3 Å². The van der Waals surface area contributed by atoms with Gasteiger partial charge in [0.05, 0.1) is 96.1 Å². The van der Waals surface area contributed by atoms with Gasteiger partial charge in [-0.3, -0.25) is 14.6 Å². The molecule has 10 heterocycles. The number of anilines is 3. The van der Waals surface area contributed by atoms with Crippen molar-refractivity contribution in [1.29, 1.82) is 0 Å². The molecule has 2 aliphatic carbocycles. The Morgan fingerprint density at radius 3 is 1.54 bits per heavy atom. The molecule has 0 spiro atoms. The van der Waals surface area contributed by atoms with Crippen molar-refractivity contribution in [3.8, 4) is 29.0 Å². The number of sulfone groups is 2. The van der Waals surface area contributed by atoms with Gasteiger partial charge in [0.1, 0.15) is 62.6 Å². The van der Waals surface area contributed by atoms with E-state index in [2.05, 4.69) is 70.8 Å². The molecule has 662 valence electrons. The van der Waals surface area contributed by atoms with Gasteiger partial charge < -0.3 is 80.7 Å². The second-order valence-corrected chi connectivity index (χ2v) is 37.7. The van der Waals surface area contributed by atoms with Gasteiger partial charge in [-0.25, -0.2) is 73.8 Å². The van der Waals surface area contributed by atoms with Crippen molar-refractivity contribution in [3.05, 3.63) is 145 Å². The first kappa shape index (κ1) is 98.6. The van der Waals surface area contributed by atoms with Crippen molar-refractivity contribution in [2.45, 2.75) is 177 Å². The van der Waals surface area contributed by atoms with Crippen molar-refractivity contribution in [1.82, 2.24) is 75.1 Å². The second-order valence-electron chi connectivity index (χ2n) is 33.9. The number of ether oxygens (including phenoxy) is 7. The number of aromatic nitrogens is 12. The molecule has 6 atom stereocenters. The molecule has 2 aliphatic heterocycles. The molecule has 4 aliphatic rings. The molecule has 0 unspecified atom stereocenters. The molecule has 126 heavy (non-hydrogen) atoms. The summed E-state index contributed by atoms with van der Waals surface area (Å²) in [7, 11) is -2.86. The number of amides is 4. The van der Waals surface area contributed by atoms with Gasteiger partial charge in [-0.1, -0.05) is 24.3 Å². The molecule has 4 amide bonds. The number of rotatable bonds is 16. The number of aromatic amines is 2. The molecule has 43 heteroatoms. The Labute approximate surface area is 810 Å². The van der Waals surface area contributed by atoms with E-state index in [1.54, 1.807) is 132 Å². The van der Waals surface area contributed by atoms with Gasteiger partial charge >= 0.3 is 133 Å². The Bertz CT molecular complexity index is 6210. The fraction of sp³-hybridized carbons (Fsp3) is 0.410. The van der Waals surface area contributed by atoms with Crippen molar-refractivity contribution in [3.63, 3.8) is 0 Å². The van der Waals surface area contributed by atoms with Crippen molar-refractivity contribution in [2.75, 3.05) is 56.1 Å². The van der Waals surface area contributed by atoms with Crippen LogP contribution in [0.4, 0.5) is 45.2 Å². The van der Waals surface area contributed by atoms with Gasteiger partial charge in [0, 0.05) is 74.3 Å². The summed E-state index contributed by atoms with van der Waals surface area (Å²) in [4.78, 5) is 98.3. The van der Waals surface area contributed by atoms with Crippen LogP contribution in [0, 0.1) is 23.5 Å². The van der Waals surface area contributed by atoms with E-state index in [0.717, 1.165) is 42.1 Å². The standard InChI is InChI=1S/C33H38FN9O5.C32H33FN4O8S2.C11H20N2O2.C6H5N3O.CH2O3.2K.H/c1-32(2,3)47-30(44)37-22-13-19-10-17(22)15-42(19)28-25-21-11-18(34)12-23(41(7)31(45)48-33(4,5)6)26(21)38-27(25)39-29(40-28)46-20-14-35-24-8-9-36-43(24)16-20;1-32(2,3)45-31(38)37(4)25-16-21(33)15-24-26-28(34-27(24)25)35-30(47(41,42)18-20-9-13-23(44-6)14-10-20)36-29(26)46(39,40)17-19-7-11-22(43-5)12-8-19;1-11(2,3)15-10(14)13-9-5-8-4-7(9)6-12-8;10-5-3-7-6-1-2-8-9(6)4-5;2-1-4-3;;;/h8-9,11-12,14,16-17,19,22H,10,13,15H2,1-7H3,(H,37,44)(H,38,39,40);7-16H,17-18H2,1-6H3,(H,34,35,36);7-9,12H,4-6H2,1-3H3,(H,13,14);1-4,10H;1,3H;;;/q;;;;;2*+1;-1/p-1/t17-,19-,22-;;7-,8-,9-;;;;;/m1.1...../s1. The van der Waals surface area contributed by atoms with Crippen LogP contribution < -0.4 is 153 Å². The normalized spacial score (nSPS) is 17.0. The molecule has 0 radical (unpaired) electrons. The number of fused-ring (bicyclic) bond motifs is 12. The quantitative estimate of drug-likeness (QED) is 0.0127. The summed E-state index contributed by atoms with van der Waals surface area (Å²) in [6.45, 7) is 22.9. The Kier molecular flexibility index (Phi) is 31.6. The molecule has 16 rings (SSSR count). The van der Waals surface area contributed by atoms with Gasteiger partial charge in [0.15, 0.2) is 27.8 Å². The van der Waals surface area contributed by atoms with E-state index >= 15 is 8.78 Å². The maximum Gasteiger partial charge on any atom is 1.00 e. The SMILES string of the molecule is CC(C)(C)OC(=O)N[C@@H]1C[C@H]2C[C@@H]1CN2.CN(C(=O)OC(C)(C)C)c1cc(F)cc2c1[nH]c1nc(Oc3cnc4ccnn4c3)nc(N3C[C@H]4C[C@@H]3C[C@H]4NC(=O)OC(C)(C)C)c12.COc1ccc(CS(=O)(=O)c2nc(S(=O)(=O)Cc3ccc(OC)cc3)c3c(n2)[nH]c2c(N(C)C(=O)OC(C)(C)C)cc(F)cc23)cc1.O=CO[O-].Oc1cnc2ccnn2c1.[H-].[K+].[K+]. The van der Waals surface area contributed by atoms with E-state index in [-0.39, 0.29) is 180 Å². The van der Waals surface area contributed by atoms with Crippen molar-refractivity contribution < 1.29 is 202 Å². The summed E-state index contributed by atoms with van der Waals surface area (Å²) in [5, 5.41) is 34.5. The summed E-state index contributed by atoms with van der Waals surface area (Å²) in [5.41, 5.74) is 0.645. The number of methoxy groups -OCH3 is 2. The van der Waals surface area contributed by atoms with Crippen molar-refractivity contribution >= 4 is 123 Å². The molecular weight excluding hydrogens is 1730 g/mol. The zero-order chi connectivity index (χ0) is 89.9. The number of carbonyl (C=O) groups is 5. The molecule has 6 N–H and O–H groups in total. The van der Waals surface area contributed by atoms with Crippen LogP contribution in [0.15, 0.2) is 132 Å². The monoisotopic (exact) mass is 1830 g/mol. The molecule has 8 aromatic heterocycles. The number of hydrogen-bond donors (Lipinski definition) is 6. The zero-order valence-electron chi connectivity index (χ0n) is 73.9. The first-order valence-corrected chi connectivity index (χ1v) is 42.5. The van der Waals surface area contributed by atoms with Gasteiger partial charge in [0.25, 0.3) is 11.6 Å². The zero-order valence-corrected chi connectivity index (χ0v) is 80.8. The molecule has 2 saturated heterocycles. The van der Waals surface area contributed by atoms with Crippen LogP contribution in [0.25, 0.3) is 55.2 Å². The minimum Gasteiger partial charge on any atom is -1.00 e. The Morgan fingerprint density at radius 2 is 1.08 bits per heavy atom. The van der Waals surface area contributed by atoms with Gasteiger partial charge in [0.2, 0.25) is 19.7 Å². The number of aromatic hydroxyl groups is 1. The molecular formula is C83H98F2K2N18O19S2. The van der Waals surface area contributed by atoms with Crippen LogP contribution in [-0.4, -0.2) is 200 Å². The Hall–Kier alpha value is -9.62. The second kappa shape index (κ2) is 40.4. The van der Waals surface area contributed by atoms with Crippen LogP contribution in [0.5, 0.6) is 29.0 Å². The van der Waals surface area contributed by atoms with Crippen LogP contribution >= 0.6 is 0 Å². The van der Waals surface area contributed by atoms with Crippen LogP contribution in [0.2, 0.25) is 0 Å². The summed E-state index contributed by atoms with van der Waals surface area (Å²) >= 11 is 0. The van der Waals surface area contributed by atoms with E-state index < -0.39 is 93.7 Å². The number of halogens is 2. The fourth-order valence-electron chi connectivity index (χ4n) is 14.7. The molecule has 37 nitrogen and oxygen atoms in total. The number of alkyl carbamates (subject to hydrolysis) is 2. The number of piperidine rings is 2. The Balaban J connectivity index is 0.000000214. The molecule has 2 saturated carbocycles.